The highest BCUT2D eigenvalue weighted by atomic mass is 79.9. The Labute approximate surface area is 99.1 Å². The largest absolute Gasteiger partial charge is 0.384 e. The predicted octanol–water partition coefficient (Wildman–Crippen LogP) is 2.75. The predicted molar refractivity (Wildman–Crippen MR) is 64.9 cm³/mol. The summed E-state index contributed by atoms with van der Waals surface area (Å²) in [5.41, 5.74) is 1.34. The highest BCUT2D eigenvalue weighted by Gasteiger charge is 2.28. The van der Waals surface area contributed by atoms with Crippen LogP contribution in [0.3, 0.4) is 0 Å². The van der Waals surface area contributed by atoms with Gasteiger partial charge in [0.15, 0.2) is 0 Å². The third kappa shape index (κ3) is 2.41. The minimum atomic E-state index is 0.431. The lowest BCUT2D eigenvalue weighted by atomic mass is 9.95. The molecule has 2 atom stereocenters. The molecule has 1 aliphatic rings. The summed E-state index contributed by atoms with van der Waals surface area (Å²) >= 11 is 3.60. The van der Waals surface area contributed by atoms with Crippen LogP contribution in [0, 0.1) is 5.92 Å². The van der Waals surface area contributed by atoms with Gasteiger partial charge in [0.05, 0.1) is 6.61 Å². The number of methoxy groups -OCH3 is 1. The first-order valence-electron chi connectivity index (χ1n) is 5.29. The zero-order valence-corrected chi connectivity index (χ0v) is 10.5. The molecule has 1 saturated heterocycles. The van der Waals surface area contributed by atoms with Gasteiger partial charge in [-0.05, 0) is 24.6 Å². The van der Waals surface area contributed by atoms with Crippen molar-refractivity contribution in [3.63, 3.8) is 0 Å². The lowest BCUT2D eigenvalue weighted by Crippen LogP contribution is -2.20. The molecule has 1 heterocycles. The summed E-state index contributed by atoms with van der Waals surface area (Å²) in [6.07, 6.45) is 1.19. The van der Waals surface area contributed by atoms with Gasteiger partial charge < -0.3 is 10.1 Å². The Kier molecular flexibility index (Phi) is 3.78. The molecule has 1 aliphatic heterocycles. The van der Waals surface area contributed by atoms with Crippen molar-refractivity contribution >= 4 is 15.9 Å². The van der Waals surface area contributed by atoms with Gasteiger partial charge >= 0.3 is 0 Å². The van der Waals surface area contributed by atoms with Gasteiger partial charge in [-0.1, -0.05) is 34.1 Å². The molecule has 1 fully saturated rings. The SMILES string of the molecule is COCC1CCNC1c1ccccc1Br. The van der Waals surface area contributed by atoms with Crippen LogP contribution in [0.5, 0.6) is 0 Å². The van der Waals surface area contributed by atoms with Crippen molar-refractivity contribution in [2.24, 2.45) is 5.92 Å². The van der Waals surface area contributed by atoms with Crippen LogP contribution in [-0.4, -0.2) is 20.3 Å². The second-order valence-corrected chi connectivity index (χ2v) is 4.81. The molecule has 0 amide bonds. The van der Waals surface area contributed by atoms with E-state index in [2.05, 4.69) is 39.4 Å². The molecule has 2 rings (SSSR count). The average molecular weight is 270 g/mol. The van der Waals surface area contributed by atoms with Crippen molar-refractivity contribution < 1.29 is 4.74 Å². The van der Waals surface area contributed by atoms with E-state index >= 15 is 0 Å². The van der Waals surface area contributed by atoms with Crippen molar-refractivity contribution in [2.75, 3.05) is 20.3 Å². The number of benzene rings is 1. The minimum absolute atomic E-state index is 0.431. The normalized spacial score (nSPS) is 25.7. The summed E-state index contributed by atoms with van der Waals surface area (Å²) in [5, 5.41) is 3.54. The number of rotatable bonds is 3. The quantitative estimate of drug-likeness (QED) is 0.911. The fraction of sp³-hybridized carbons (Fsp3) is 0.500. The van der Waals surface area contributed by atoms with Crippen LogP contribution in [-0.2, 0) is 4.74 Å². The van der Waals surface area contributed by atoms with Crippen LogP contribution < -0.4 is 5.32 Å². The molecular weight excluding hydrogens is 254 g/mol. The molecule has 1 aromatic rings. The van der Waals surface area contributed by atoms with E-state index in [4.69, 9.17) is 4.74 Å². The van der Waals surface area contributed by atoms with Crippen molar-refractivity contribution in [3.8, 4) is 0 Å². The van der Waals surface area contributed by atoms with Crippen LogP contribution in [0.4, 0.5) is 0 Å². The van der Waals surface area contributed by atoms with Crippen LogP contribution >= 0.6 is 15.9 Å². The summed E-state index contributed by atoms with van der Waals surface area (Å²) in [5.74, 6) is 0.591. The maximum atomic E-state index is 5.26. The fourth-order valence-electron chi connectivity index (χ4n) is 2.24. The number of ether oxygens (including phenoxy) is 1. The molecule has 1 aromatic carbocycles. The third-order valence-corrected chi connectivity index (χ3v) is 3.69. The second-order valence-electron chi connectivity index (χ2n) is 3.96. The van der Waals surface area contributed by atoms with E-state index < -0.39 is 0 Å². The van der Waals surface area contributed by atoms with Gasteiger partial charge in [0, 0.05) is 23.5 Å². The van der Waals surface area contributed by atoms with Crippen LogP contribution in [0.25, 0.3) is 0 Å². The molecule has 2 unspecified atom stereocenters. The highest BCUT2D eigenvalue weighted by Crippen LogP contribution is 2.33. The number of hydrogen-bond acceptors (Lipinski definition) is 2. The Morgan fingerprint density at radius 2 is 2.27 bits per heavy atom. The monoisotopic (exact) mass is 269 g/mol. The number of nitrogens with one attached hydrogen (secondary N) is 1. The molecule has 0 radical (unpaired) electrons. The van der Waals surface area contributed by atoms with E-state index in [-0.39, 0.29) is 0 Å². The zero-order chi connectivity index (χ0) is 10.7. The Balaban J connectivity index is 2.19. The smallest absolute Gasteiger partial charge is 0.0509 e. The molecule has 0 saturated carbocycles. The summed E-state index contributed by atoms with van der Waals surface area (Å²) in [6, 6.07) is 8.84. The van der Waals surface area contributed by atoms with Gasteiger partial charge in [-0.3, -0.25) is 0 Å². The molecule has 82 valence electrons. The molecule has 2 nitrogen and oxygen atoms in total. The van der Waals surface area contributed by atoms with Crippen molar-refractivity contribution in [1.82, 2.24) is 5.32 Å². The molecular formula is C12H16BrNO. The molecule has 0 spiro atoms. The number of halogens is 1. The third-order valence-electron chi connectivity index (χ3n) is 2.97. The van der Waals surface area contributed by atoms with Gasteiger partial charge in [0.1, 0.15) is 0 Å². The zero-order valence-electron chi connectivity index (χ0n) is 8.87. The van der Waals surface area contributed by atoms with E-state index in [0.29, 0.717) is 12.0 Å². The topological polar surface area (TPSA) is 21.3 Å². The number of hydrogen-bond donors (Lipinski definition) is 1. The Morgan fingerprint density at radius 3 is 3.00 bits per heavy atom. The lowest BCUT2D eigenvalue weighted by molar-refractivity contribution is 0.145. The summed E-state index contributed by atoms with van der Waals surface area (Å²) < 4.78 is 6.45. The van der Waals surface area contributed by atoms with Crippen LogP contribution in [0.1, 0.15) is 18.0 Å². The summed E-state index contributed by atoms with van der Waals surface area (Å²) in [6.45, 7) is 1.92. The maximum Gasteiger partial charge on any atom is 0.0509 e. The van der Waals surface area contributed by atoms with E-state index in [9.17, 15) is 0 Å². The van der Waals surface area contributed by atoms with Gasteiger partial charge in [-0.2, -0.15) is 0 Å². The minimum Gasteiger partial charge on any atom is -0.384 e. The average Bonchev–Trinajstić information content (AvgIpc) is 2.67. The molecule has 0 bridgehead atoms. The standard InChI is InChI=1S/C12H16BrNO/c1-15-8-9-6-7-14-12(9)10-4-2-3-5-11(10)13/h2-5,9,12,14H,6-8H2,1H3. The highest BCUT2D eigenvalue weighted by molar-refractivity contribution is 9.10. The van der Waals surface area contributed by atoms with Crippen molar-refractivity contribution in [3.05, 3.63) is 34.3 Å². The lowest BCUT2D eigenvalue weighted by Gasteiger charge is -2.20. The van der Waals surface area contributed by atoms with Crippen molar-refractivity contribution in [2.45, 2.75) is 12.5 Å². The van der Waals surface area contributed by atoms with E-state index in [1.165, 1.54) is 16.5 Å². The first-order valence-corrected chi connectivity index (χ1v) is 6.09. The molecule has 1 N–H and O–H groups in total. The van der Waals surface area contributed by atoms with Gasteiger partial charge in [-0.15, -0.1) is 0 Å². The summed E-state index contributed by atoms with van der Waals surface area (Å²) in [4.78, 5) is 0. The fourth-order valence-corrected chi connectivity index (χ4v) is 2.77. The Bertz CT molecular complexity index is 329. The van der Waals surface area contributed by atoms with E-state index in [0.717, 1.165) is 13.2 Å². The van der Waals surface area contributed by atoms with Gasteiger partial charge in [-0.25, -0.2) is 0 Å². The molecule has 15 heavy (non-hydrogen) atoms. The maximum absolute atomic E-state index is 5.26. The first-order chi connectivity index (χ1) is 7.33. The summed E-state index contributed by atoms with van der Waals surface area (Å²) in [7, 11) is 1.77. The van der Waals surface area contributed by atoms with Gasteiger partial charge in [0.2, 0.25) is 0 Å². The van der Waals surface area contributed by atoms with E-state index in [1.807, 2.05) is 6.07 Å². The Morgan fingerprint density at radius 1 is 1.47 bits per heavy atom. The first kappa shape index (κ1) is 11.1. The molecule has 0 aliphatic carbocycles. The van der Waals surface area contributed by atoms with Crippen LogP contribution in [0.2, 0.25) is 0 Å². The molecule has 3 heteroatoms. The van der Waals surface area contributed by atoms with Crippen molar-refractivity contribution in [1.29, 1.82) is 0 Å². The Hall–Kier alpha value is -0.380. The molecule has 0 aromatic heterocycles. The van der Waals surface area contributed by atoms with E-state index in [1.54, 1.807) is 7.11 Å². The van der Waals surface area contributed by atoms with Gasteiger partial charge in [0.25, 0.3) is 0 Å². The van der Waals surface area contributed by atoms with Crippen LogP contribution in [0.15, 0.2) is 28.7 Å². The second kappa shape index (κ2) is 5.10.